The molecular weight excluding hydrogens is 160 g/mol. The Morgan fingerprint density at radius 1 is 1.45 bits per heavy atom. The van der Waals surface area contributed by atoms with E-state index < -0.39 is 0 Å². The Kier molecular flexibility index (Phi) is 1.55. The van der Waals surface area contributed by atoms with Crippen LogP contribution in [0.2, 0.25) is 0 Å². The molecule has 3 heteroatoms. The van der Waals surface area contributed by atoms with Crippen molar-refractivity contribution in [3.8, 4) is 0 Å². The number of hydrogen-bond donors (Lipinski definition) is 0. The summed E-state index contributed by atoms with van der Waals surface area (Å²) in [6, 6.07) is 5.93. The first kappa shape index (κ1) is 6.68. The molecule has 2 heterocycles. The summed E-state index contributed by atoms with van der Waals surface area (Å²) in [4.78, 5) is 0. The lowest BCUT2D eigenvalue weighted by Gasteiger charge is -1.91. The van der Waals surface area contributed by atoms with Gasteiger partial charge in [0.15, 0.2) is 0 Å². The van der Waals surface area contributed by atoms with Crippen molar-refractivity contribution in [3.63, 3.8) is 0 Å². The van der Waals surface area contributed by atoms with Crippen LogP contribution in [0.25, 0.3) is 5.52 Å². The maximum Gasteiger partial charge on any atom is 0.0705 e. The summed E-state index contributed by atoms with van der Waals surface area (Å²) >= 11 is 5.69. The molecule has 0 radical (unpaired) electrons. The molecule has 0 spiro atoms. The zero-order chi connectivity index (χ0) is 7.68. The SMILES string of the molecule is ClCc1cnn2ccccc12. The molecule has 0 N–H and O–H groups in total. The van der Waals surface area contributed by atoms with Gasteiger partial charge in [-0.2, -0.15) is 5.10 Å². The van der Waals surface area contributed by atoms with E-state index in [1.54, 1.807) is 6.20 Å². The second-order valence-electron chi connectivity index (χ2n) is 2.33. The topological polar surface area (TPSA) is 17.3 Å². The van der Waals surface area contributed by atoms with E-state index >= 15 is 0 Å². The molecule has 0 amide bonds. The average Bonchev–Trinajstić information content (AvgIpc) is 2.47. The molecule has 2 nitrogen and oxygen atoms in total. The lowest BCUT2D eigenvalue weighted by atomic mass is 10.3. The van der Waals surface area contributed by atoms with Crippen LogP contribution in [-0.4, -0.2) is 9.61 Å². The smallest absolute Gasteiger partial charge is 0.0705 e. The van der Waals surface area contributed by atoms with Crippen LogP contribution in [0.4, 0.5) is 0 Å². The van der Waals surface area contributed by atoms with Crippen LogP contribution in [0.15, 0.2) is 30.6 Å². The van der Waals surface area contributed by atoms with Crippen molar-refractivity contribution in [3.05, 3.63) is 36.2 Å². The lowest BCUT2D eigenvalue weighted by molar-refractivity contribution is 0.961. The highest BCUT2D eigenvalue weighted by Crippen LogP contribution is 2.11. The molecule has 11 heavy (non-hydrogen) atoms. The Labute approximate surface area is 69.4 Å². The Bertz CT molecular complexity index is 367. The van der Waals surface area contributed by atoms with E-state index in [0.717, 1.165) is 11.1 Å². The highest BCUT2D eigenvalue weighted by molar-refractivity contribution is 6.17. The predicted molar refractivity (Wildman–Crippen MR) is 44.7 cm³/mol. The van der Waals surface area contributed by atoms with E-state index in [1.165, 1.54) is 0 Å². The fourth-order valence-electron chi connectivity index (χ4n) is 1.09. The summed E-state index contributed by atoms with van der Waals surface area (Å²) in [6.07, 6.45) is 3.70. The maximum atomic E-state index is 5.69. The summed E-state index contributed by atoms with van der Waals surface area (Å²) in [5.41, 5.74) is 2.16. The maximum absolute atomic E-state index is 5.69. The molecule has 0 aromatic carbocycles. The number of alkyl halides is 1. The highest BCUT2D eigenvalue weighted by atomic mass is 35.5. The van der Waals surface area contributed by atoms with E-state index in [1.807, 2.05) is 28.9 Å². The summed E-state index contributed by atoms with van der Waals surface area (Å²) < 4.78 is 1.82. The van der Waals surface area contributed by atoms with Crippen molar-refractivity contribution in [1.82, 2.24) is 9.61 Å². The summed E-state index contributed by atoms with van der Waals surface area (Å²) in [5, 5.41) is 4.12. The molecule has 0 saturated heterocycles. The van der Waals surface area contributed by atoms with Crippen LogP contribution in [0, 0.1) is 0 Å². The largest absolute Gasteiger partial charge is 0.241 e. The summed E-state index contributed by atoms with van der Waals surface area (Å²) in [7, 11) is 0. The molecule has 2 aromatic heterocycles. The van der Waals surface area contributed by atoms with E-state index in [0.29, 0.717) is 5.88 Å². The summed E-state index contributed by atoms with van der Waals surface area (Å²) in [6.45, 7) is 0. The van der Waals surface area contributed by atoms with Gasteiger partial charge in [-0.3, -0.25) is 0 Å². The molecular formula is C8H7ClN2. The molecule has 0 aliphatic heterocycles. The van der Waals surface area contributed by atoms with Crippen LogP contribution in [0.1, 0.15) is 5.56 Å². The number of nitrogens with zero attached hydrogens (tertiary/aromatic N) is 2. The third kappa shape index (κ3) is 0.994. The monoisotopic (exact) mass is 166 g/mol. The molecule has 0 unspecified atom stereocenters. The van der Waals surface area contributed by atoms with Gasteiger partial charge in [-0.25, -0.2) is 4.52 Å². The Hall–Kier alpha value is -1.02. The van der Waals surface area contributed by atoms with Crippen LogP contribution in [-0.2, 0) is 5.88 Å². The Morgan fingerprint density at radius 3 is 3.18 bits per heavy atom. The van der Waals surface area contributed by atoms with Crippen LogP contribution in [0.5, 0.6) is 0 Å². The molecule has 0 saturated carbocycles. The fourth-order valence-corrected chi connectivity index (χ4v) is 1.30. The van der Waals surface area contributed by atoms with Crippen molar-refractivity contribution in [2.45, 2.75) is 5.88 Å². The van der Waals surface area contributed by atoms with Crippen LogP contribution >= 0.6 is 11.6 Å². The number of pyridine rings is 1. The minimum atomic E-state index is 0.521. The molecule has 2 rings (SSSR count). The van der Waals surface area contributed by atoms with Gasteiger partial charge in [0.2, 0.25) is 0 Å². The predicted octanol–water partition coefficient (Wildman–Crippen LogP) is 2.07. The van der Waals surface area contributed by atoms with E-state index in [2.05, 4.69) is 5.10 Å². The normalized spacial score (nSPS) is 10.6. The lowest BCUT2D eigenvalue weighted by Crippen LogP contribution is -1.83. The van der Waals surface area contributed by atoms with Gasteiger partial charge in [0.25, 0.3) is 0 Å². The Balaban J connectivity index is 2.76. The minimum absolute atomic E-state index is 0.521. The fraction of sp³-hybridized carbons (Fsp3) is 0.125. The quantitative estimate of drug-likeness (QED) is 0.593. The van der Waals surface area contributed by atoms with E-state index in [-0.39, 0.29) is 0 Å². The Morgan fingerprint density at radius 2 is 2.36 bits per heavy atom. The zero-order valence-corrected chi connectivity index (χ0v) is 6.62. The van der Waals surface area contributed by atoms with Crippen molar-refractivity contribution < 1.29 is 0 Å². The van der Waals surface area contributed by atoms with E-state index in [4.69, 9.17) is 11.6 Å². The first-order valence-electron chi connectivity index (χ1n) is 3.39. The second-order valence-corrected chi connectivity index (χ2v) is 2.60. The number of hydrogen-bond acceptors (Lipinski definition) is 1. The number of fused-ring (bicyclic) bond motifs is 1. The average molecular weight is 167 g/mol. The zero-order valence-electron chi connectivity index (χ0n) is 5.87. The van der Waals surface area contributed by atoms with Gasteiger partial charge in [-0.15, -0.1) is 11.6 Å². The van der Waals surface area contributed by atoms with Crippen LogP contribution < -0.4 is 0 Å². The first-order chi connectivity index (χ1) is 5.42. The third-order valence-electron chi connectivity index (χ3n) is 1.65. The van der Waals surface area contributed by atoms with Gasteiger partial charge in [-0.1, -0.05) is 6.07 Å². The van der Waals surface area contributed by atoms with Gasteiger partial charge < -0.3 is 0 Å². The summed E-state index contributed by atoms with van der Waals surface area (Å²) in [5.74, 6) is 0.521. The van der Waals surface area contributed by atoms with Crippen molar-refractivity contribution in [2.75, 3.05) is 0 Å². The molecule has 0 aliphatic carbocycles. The molecule has 0 aliphatic rings. The number of halogens is 1. The standard InChI is InChI=1S/C8H7ClN2/c9-5-7-6-10-11-4-2-1-3-8(7)11/h1-4,6H,5H2. The molecule has 0 bridgehead atoms. The van der Waals surface area contributed by atoms with Gasteiger partial charge in [0.05, 0.1) is 17.6 Å². The van der Waals surface area contributed by atoms with Crippen LogP contribution in [0.3, 0.4) is 0 Å². The van der Waals surface area contributed by atoms with Gasteiger partial charge in [0.1, 0.15) is 0 Å². The van der Waals surface area contributed by atoms with E-state index in [9.17, 15) is 0 Å². The minimum Gasteiger partial charge on any atom is -0.241 e. The van der Waals surface area contributed by atoms with Crippen molar-refractivity contribution in [2.24, 2.45) is 0 Å². The molecule has 56 valence electrons. The third-order valence-corrected chi connectivity index (χ3v) is 1.94. The second kappa shape index (κ2) is 2.55. The molecule has 0 fully saturated rings. The first-order valence-corrected chi connectivity index (χ1v) is 3.92. The van der Waals surface area contributed by atoms with Gasteiger partial charge in [0, 0.05) is 11.8 Å². The highest BCUT2D eigenvalue weighted by Gasteiger charge is 1.99. The van der Waals surface area contributed by atoms with Gasteiger partial charge >= 0.3 is 0 Å². The van der Waals surface area contributed by atoms with Crippen molar-refractivity contribution >= 4 is 17.1 Å². The number of aromatic nitrogens is 2. The van der Waals surface area contributed by atoms with Gasteiger partial charge in [-0.05, 0) is 12.1 Å². The molecule has 0 atom stereocenters. The van der Waals surface area contributed by atoms with Crippen molar-refractivity contribution in [1.29, 1.82) is 0 Å². The number of rotatable bonds is 1. The molecule has 2 aromatic rings.